The Balaban J connectivity index is 1.41. The molecule has 34 heavy (non-hydrogen) atoms. The Morgan fingerprint density at radius 1 is 1.06 bits per heavy atom. The number of fused-ring (bicyclic) bond motifs is 1. The quantitative estimate of drug-likeness (QED) is 0.421. The average molecular weight is 476 g/mol. The van der Waals surface area contributed by atoms with Crippen LogP contribution in [0.15, 0.2) is 84.0 Å². The number of nitrogens with zero attached hydrogens (tertiary/aromatic N) is 3. The topological polar surface area (TPSA) is 81.1 Å². The Morgan fingerprint density at radius 2 is 1.79 bits per heavy atom. The summed E-state index contributed by atoms with van der Waals surface area (Å²) >= 11 is 1.30. The number of hydrogen-bond acceptors (Lipinski definition) is 6. The van der Waals surface area contributed by atoms with Crippen LogP contribution in [0, 0.1) is 12.7 Å². The third kappa shape index (κ3) is 4.74. The van der Waals surface area contributed by atoms with E-state index in [-0.39, 0.29) is 18.3 Å². The van der Waals surface area contributed by atoms with E-state index in [1.165, 1.54) is 23.9 Å². The van der Waals surface area contributed by atoms with Crippen LogP contribution in [-0.4, -0.2) is 26.0 Å². The fourth-order valence-corrected chi connectivity index (χ4v) is 4.73. The molecule has 9 heteroatoms. The van der Waals surface area contributed by atoms with Gasteiger partial charge in [0.2, 0.25) is 11.1 Å². The van der Waals surface area contributed by atoms with E-state index < -0.39 is 11.3 Å². The molecule has 172 valence electrons. The lowest BCUT2D eigenvalue weighted by Crippen LogP contribution is -2.41. The minimum Gasteiger partial charge on any atom is -0.486 e. The van der Waals surface area contributed by atoms with E-state index in [2.05, 4.69) is 20.9 Å². The number of aromatic nitrogens is 3. The summed E-state index contributed by atoms with van der Waals surface area (Å²) in [7, 11) is 0. The molecule has 1 amide bonds. The predicted molar refractivity (Wildman–Crippen MR) is 129 cm³/mol. The molecular formula is C25H22FN5O2S. The van der Waals surface area contributed by atoms with E-state index in [0.717, 1.165) is 11.1 Å². The third-order valence-electron chi connectivity index (χ3n) is 5.42. The Morgan fingerprint density at radius 3 is 2.53 bits per heavy atom. The van der Waals surface area contributed by atoms with E-state index in [9.17, 15) is 9.18 Å². The van der Waals surface area contributed by atoms with Gasteiger partial charge in [-0.25, -0.2) is 9.07 Å². The summed E-state index contributed by atoms with van der Waals surface area (Å²) in [5.74, 6) is 0.756. The molecule has 4 aromatic rings. The average Bonchev–Trinajstić information content (AvgIpc) is 3.26. The van der Waals surface area contributed by atoms with Crippen LogP contribution < -0.4 is 15.5 Å². The molecule has 5 rings (SSSR count). The molecule has 1 aliphatic rings. The largest absolute Gasteiger partial charge is 0.486 e. The van der Waals surface area contributed by atoms with Gasteiger partial charge in [-0.1, -0.05) is 59.8 Å². The Kier molecular flexibility index (Phi) is 6.18. The number of nitrogens with one attached hydrogen (secondary N) is 2. The highest BCUT2D eigenvalue weighted by Gasteiger charge is 2.38. The molecular weight excluding hydrogens is 453 g/mol. The minimum atomic E-state index is -0.564. The summed E-state index contributed by atoms with van der Waals surface area (Å²) < 4.78 is 21.2. The van der Waals surface area contributed by atoms with E-state index in [4.69, 9.17) is 4.74 Å². The number of benzene rings is 3. The van der Waals surface area contributed by atoms with Crippen molar-refractivity contribution in [2.75, 3.05) is 10.7 Å². The van der Waals surface area contributed by atoms with Crippen molar-refractivity contribution in [1.29, 1.82) is 0 Å². The molecule has 2 heterocycles. The van der Waals surface area contributed by atoms with Crippen LogP contribution in [0.2, 0.25) is 0 Å². The van der Waals surface area contributed by atoms with Gasteiger partial charge in [0.15, 0.2) is 5.82 Å². The Bertz CT molecular complexity index is 1280. The molecule has 0 bridgehead atoms. The minimum absolute atomic E-state index is 0.188. The SMILES string of the molecule is Cc1ccc(NC(=O)[C@H]2Sc3nnc(COc4ccccc4)n3N[C@H]2c2ccc(F)cc2)cc1. The molecule has 0 spiro atoms. The molecule has 0 fully saturated rings. The van der Waals surface area contributed by atoms with E-state index in [1.807, 2.05) is 61.5 Å². The second-order valence-corrected chi connectivity index (χ2v) is 9.00. The molecule has 3 aromatic carbocycles. The van der Waals surface area contributed by atoms with Crippen molar-refractivity contribution in [3.8, 4) is 5.75 Å². The summed E-state index contributed by atoms with van der Waals surface area (Å²) in [6, 6.07) is 22.7. The van der Waals surface area contributed by atoms with Crippen molar-refractivity contribution in [3.63, 3.8) is 0 Å². The summed E-state index contributed by atoms with van der Waals surface area (Å²) in [6.45, 7) is 2.18. The second kappa shape index (κ2) is 9.56. The van der Waals surface area contributed by atoms with Gasteiger partial charge in [-0.2, -0.15) is 0 Å². The van der Waals surface area contributed by atoms with Gasteiger partial charge < -0.3 is 15.5 Å². The van der Waals surface area contributed by atoms with Crippen LogP contribution in [0.3, 0.4) is 0 Å². The maximum atomic E-state index is 13.6. The second-order valence-electron chi connectivity index (χ2n) is 7.89. The first-order chi connectivity index (χ1) is 16.6. The first-order valence-corrected chi connectivity index (χ1v) is 11.6. The zero-order chi connectivity index (χ0) is 23.5. The highest BCUT2D eigenvalue weighted by Crippen LogP contribution is 2.37. The molecule has 0 aliphatic carbocycles. The number of aryl methyl sites for hydroxylation is 1. The van der Waals surface area contributed by atoms with Crippen molar-refractivity contribution in [2.24, 2.45) is 0 Å². The number of carbonyl (C=O) groups is 1. The summed E-state index contributed by atoms with van der Waals surface area (Å²) in [6.07, 6.45) is 0. The maximum Gasteiger partial charge on any atom is 0.240 e. The predicted octanol–water partition coefficient (Wildman–Crippen LogP) is 4.70. The number of rotatable bonds is 6. The molecule has 0 unspecified atom stereocenters. The normalized spacial score (nSPS) is 16.9. The van der Waals surface area contributed by atoms with Gasteiger partial charge in [0.25, 0.3) is 0 Å². The zero-order valence-electron chi connectivity index (χ0n) is 18.3. The van der Waals surface area contributed by atoms with Gasteiger partial charge in [-0.3, -0.25) is 4.79 Å². The summed E-state index contributed by atoms with van der Waals surface area (Å²) in [4.78, 5) is 13.3. The fourth-order valence-electron chi connectivity index (χ4n) is 3.63. The first-order valence-electron chi connectivity index (χ1n) is 10.8. The fraction of sp³-hybridized carbons (Fsp3) is 0.160. The first kappa shape index (κ1) is 22.0. The zero-order valence-corrected chi connectivity index (χ0v) is 19.1. The van der Waals surface area contributed by atoms with Gasteiger partial charge in [0.05, 0.1) is 6.04 Å². The monoisotopic (exact) mass is 475 g/mol. The molecule has 0 saturated carbocycles. The lowest BCUT2D eigenvalue weighted by molar-refractivity contribution is -0.116. The van der Waals surface area contributed by atoms with Gasteiger partial charge >= 0.3 is 0 Å². The van der Waals surface area contributed by atoms with Crippen molar-refractivity contribution >= 4 is 23.4 Å². The smallest absolute Gasteiger partial charge is 0.240 e. The number of amides is 1. The number of halogens is 1. The van der Waals surface area contributed by atoms with Crippen LogP contribution in [0.4, 0.5) is 10.1 Å². The van der Waals surface area contributed by atoms with Gasteiger partial charge in [-0.15, -0.1) is 10.2 Å². The molecule has 0 radical (unpaired) electrons. The number of ether oxygens (including phenoxy) is 1. The summed E-state index contributed by atoms with van der Waals surface area (Å²) in [5, 5.41) is 11.5. The number of thioether (sulfide) groups is 1. The van der Waals surface area contributed by atoms with Crippen LogP contribution in [-0.2, 0) is 11.4 Å². The van der Waals surface area contributed by atoms with Gasteiger partial charge in [0, 0.05) is 5.69 Å². The van der Waals surface area contributed by atoms with E-state index >= 15 is 0 Å². The van der Waals surface area contributed by atoms with E-state index in [1.54, 1.807) is 16.8 Å². The molecule has 1 aliphatic heterocycles. The van der Waals surface area contributed by atoms with E-state index in [0.29, 0.717) is 22.4 Å². The lowest BCUT2D eigenvalue weighted by Gasteiger charge is -2.33. The Hall–Kier alpha value is -3.85. The number of hydrogen-bond donors (Lipinski definition) is 2. The van der Waals surface area contributed by atoms with Gasteiger partial charge in [-0.05, 0) is 48.9 Å². The highest BCUT2D eigenvalue weighted by molar-refractivity contribution is 8.00. The van der Waals surface area contributed by atoms with Crippen LogP contribution >= 0.6 is 11.8 Å². The van der Waals surface area contributed by atoms with Crippen molar-refractivity contribution < 1.29 is 13.9 Å². The molecule has 2 N–H and O–H groups in total. The van der Waals surface area contributed by atoms with Crippen molar-refractivity contribution in [3.05, 3.63) is 102 Å². The molecule has 7 nitrogen and oxygen atoms in total. The Labute approximate surface area is 200 Å². The number of carbonyl (C=O) groups excluding carboxylic acids is 1. The highest BCUT2D eigenvalue weighted by atomic mass is 32.2. The standard InChI is InChI=1S/C25H22FN5O2S/c1-16-7-13-19(14-8-16)27-24(32)23-22(17-9-11-18(26)12-10-17)30-31-21(28-29-25(31)34-23)15-33-20-5-3-2-4-6-20/h2-14,22-23,30H,15H2,1H3,(H,27,32)/t22-,23-/m0/s1. The maximum absolute atomic E-state index is 13.6. The molecule has 1 aromatic heterocycles. The van der Waals surface area contributed by atoms with Crippen molar-refractivity contribution in [1.82, 2.24) is 14.9 Å². The lowest BCUT2D eigenvalue weighted by atomic mass is 10.0. The number of para-hydroxylation sites is 1. The summed E-state index contributed by atoms with van der Waals surface area (Å²) in [5.41, 5.74) is 5.93. The number of anilines is 1. The van der Waals surface area contributed by atoms with Crippen LogP contribution in [0.5, 0.6) is 5.75 Å². The van der Waals surface area contributed by atoms with Gasteiger partial charge in [0.1, 0.15) is 23.4 Å². The molecule has 0 saturated heterocycles. The van der Waals surface area contributed by atoms with Crippen molar-refractivity contribution in [2.45, 2.75) is 30.0 Å². The van der Waals surface area contributed by atoms with Crippen LogP contribution in [0.1, 0.15) is 23.0 Å². The third-order valence-corrected chi connectivity index (χ3v) is 6.64. The molecule has 2 atom stereocenters. The van der Waals surface area contributed by atoms with Crippen LogP contribution in [0.25, 0.3) is 0 Å².